The molecule has 2 heterocycles. The lowest BCUT2D eigenvalue weighted by atomic mass is 9.97. The zero-order valence-corrected chi connectivity index (χ0v) is 12.1. The Labute approximate surface area is 119 Å². The fraction of sp³-hybridized carbons (Fsp3) is 0.643. The van der Waals surface area contributed by atoms with Crippen LogP contribution < -0.4 is 0 Å². The predicted octanol–water partition coefficient (Wildman–Crippen LogP) is 2.44. The lowest BCUT2D eigenvalue weighted by Crippen LogP contribution is -2.39. The monoisotopic (exact) mass is 297 g/mol. The highest BCUT2D eigenvalue weighted by Crippen LogP contribution is 2.38. The summed E-state index contributed by atoms with van der Waals surface area (Å²) < 4.78 is 32.0. The van der Waals surface area contributed by atoms with Gasteiger partial charge in [-0.3, -0.25) is 4.79 Å². The Morgan fingerprint density at radius 2 is 1.90 bits per heavy atom. The number of carbonyl (C=O) groups is 1. The summed E-state index contributed by atoms with van der Waals surface area (Å²) in [7, 11) is -3.61. The van der Waals surface area contributed by atoms with Crippen LogP contribution in [-0.4, -0.2) is 31.6 Å². The van der Waals surface area contributed by atoms with Crippen molar-refractivity contribution in [2.24, 2.45) is 5.92 Å². The van der Waals surface area contributed by atoms with Crippen LogP contribution in [-0.2, 0) is 10.0 Å². The van der Waals surface area contributed by atoms with Gasteiger partial charge in [-0.1, -0.05) is 12.8 Å². The summed E-state index contributed by atoms with van der Waals surface area (Å²) in [5.41, 5.74) is 0. The van der Waals surface area contributed by atoms with Gasteiger partial charge in [-0.25, -0.2) is 8.42 Å². The van der Waals surface area contributed by atoms with E-state index in [4.69, 9.17) is 4.42 Å². The summed E-state index contributed by atoms with van der Waals surface area (Å²) in [6, 6.07) is 2.89. The number of carbonyl (C=O) groups excluding carboxylic acids is 1. The van der Waals surface area contributed by atoms with Gasteiger partial charge in [-0.2, -0.15) is 4.31 Å². The summed E-state index contributed by atoms with van der Waals surface area (Å²) in [5.74, 6) is 0.535. The van der Waals surface area contributed by atoms with Crippen LogP contribution in [0.25, 0.3) is 0 Å². The van der Waals surface area contributed by atoms with Crippen molar-refractivity contribution in [3.05, 3.63) is 17.9 Å². The second-order valence-corrected chi connectivity index (χ2v) is 7.47. The Kier molecular flexibility index (Phi) is 3.69. The molecule has 0 spiro atoms. The molecule has 0 bridgehead atoms. The quantitative estimate of drug-likeness (QED) is 0.800. The summed E-state index contributed by atoms with van der Waals surface area (Å²) >= 11 is 0. The molecule has 1 saturated heterocycles. The van der Waals surface area contributed by atoms with Gasteiger partial charge in [0.15, 0.2) is 12.0 Å². The first-order chi connectivity index (χ1) is 9.63. The summed E-state index contributed by atoms with van der Waals surface area (Å²) in [5, 5.41) is -0.107. The third kappa shape index (κ3) is 2.31. The molecule has 110 valence electrons. The van der Waals surface area contributed by atoms with Gasteiger partial charge in [0.1, 0.15) is 0 Å². The molecule has 2 fully saturated rings. The molecule has 0 radical (unpaired) electrons. The predicted molar refractivity (Wildman–Crippen MR) is 73.0 cm³/mol. The van der Waals surface area contributed by atoms with E-state index < -0.39 is 10.0 Å². The molecule has 6 heteroatoms. The minimum atomic E-state index is -3.61. The van der Waals surface area contributed by atoms with E-state index in [1.54, 1.807) is 4.31 Å². The van der Waals surface area contributed by atoms with Crippen LogP contribution >= 0.6 is 0 Å². The van der Waals surface area contributed by atoms with E-state index in [9.17, 15) is 13.2 Å². The minimum absolute atomic E-state index is 0.0557. The van der Waals surface area contributed by atoms with Gasteiger partial charge in [-0.15, -0.1) is 0 Å². The molecule has 1 aromatic heterocycles. The van der Waals surface area contributed by atoms with Crippen molar-refractivity contribution in [3.63, 3.8) is 0 Å². The molecule has 1 aromatic rings. The SMILES string of the molecule is O=Cc1ccc(S(=O)(=O)N2CCCC2C2CCCC2)o1. The van der Waals surface area contributed by atoms with Gasteiger partial charge in [0.25, 0.3) is 10.0 Å². The topological polar surface area (TPSA) is 67.6 Å². The Hall–Kier alpha value is -1.14. The Bertz CT molecular complexity index is 586. The molecule has 0 aromatic carbocycles. The van der Waals surface area contributed by atoms with Crippen LogP contribution in [0, 0.1) is 5.92 Å². The normalized spacial score (nSPS) is 25.3. The van der Waals surface area contributed by atoms with Crippen molar-refractivity contribution in [3.8, 4) is 0 Å². The average molecular weight is 297 g/mol. The maximum atomic E-state index is 12.6. The van der Waals surface area contributed by atoms with E-state index in [0.717, 1.165) is 25.7 Å². The highest BCUT2D eigenvalue weighted by molar-refractivity contribution is 7.89. The number of rotatable bonds is 4. The zero-order valence-electron chi connectivity index (χ0n) is 11.3. The molecule has 1 saturated carbocycles. The van der Waals surface area contributed by atoms with E-state index >= 15 is 0 Å². The van der Waals surface area contributed by atoms with Gasteiger partial charge in [0.05, 0.1) is 0 Å². The number of furan rings is 1. The Morgan fingerprint density at radius 3 is 2.55 bits per heavy atom. The van der Waals surface area contributed by atoms with Crippen molar-refractivity contribution >= 4 is 16.3 Å². The smallest absolute Gasteiger partial charge is 0.276 e. The van der Waals surface area contributed by atoms with Crippen molar-refractivity contribution in [1.82, 2.24) is 4.31 Å². The molecule has 1 atom stereocenters. The van der Waals surface area contributed by atoms with Crippen molar-refractivity contribution in [1.29, 1.82) is 0 Å². The average Bonchev–Trinajstić information content (AvgIpc) is 3.17. The molecular weight excluding hydrogens is 278 g/mol. The largest absolute Gasteiger partial charge is 0.440 e. The van der Waals surface area contributed by atoms with Gasteiger partial charge in [-0.05, 0) is 43.7 Å². The van der Waals surface area contributed by atoms with Gasteiger partial charge < -0.3 is 4.42 Å². The van der Waals surface area contributed by atoms with Crippen LogP contribution in [0.5, 0.6) is 0 Å². The second kappa shape index (κ2) is 5.33. The van der Waals surface area contributed by atoms with E-state index in [0.29, 0.717) is 18.7 Å². The van der Waals surface area contributed by atoms with Gasteiger partial charge in [0, 0.05) is 12.6 Å². The molecule has 1 aliphatic heterocycles. The van der Waals surface area contributed by atoms with Crippen LogP contribution in [0.15, 0.2) is 21.6 Å². The number of sulfonamides is 1. The molecule has 20 heavy (non-hydrogen) atoms. The fourth-order valence-electron chi connectivity index (χ4n) is 3.53. The number of hydrogen-bond donors (Lipinski definition) is 0. The van der Waals surface area contributed by atoms with Crippen LogP contribution in [0.2, 0.25) is 0 Å². The summed E-state index contributed by atoms with van der Waals surface area (Å²) in [4.78, 5) is 10.6. The highest BCUT2D eigenvalue weighted by Gasteiger charge is 2.41. The van der Waals surface area contributed by atoms with Crippen LogP contribution in [0.3, 0.4) is 0 Å². The van der Waals surface area contributed by atoms with Crippen molar-refractivity contribution in [2.45, 2.75) is 49.7 Å². The molecular formula is C14H19NO4S. The lowest BCUT2D eigenvalue weighted by molar-refractivity contribution is 0.109. The maximum absolute atomic E-state index is 12.6. The van der Waals surface area contributed by atoms with Crippen LogP contribution in [0.1, 0.15) is 49.1 Å². The molecule has 0 N–H and O–H groups in total. The molecule has 3 rings (SSSR count). The third-order valence-corrected chi connectivity index (χ3v) is 6.27. The third-order valence-electron chi connectivity index (χ3n) is 4.47. The van der Waals surface area contributed by atoms with Gasteiger partial charge in [0.2, 0.25) is 5.09 Å². The van der Waals surface area contributed by atoms with Crippen molar-refractivity contribution < 1.29 is 17.6 Å². The summed E-state index contributed by atoms with van der Waals surface area (Å²) in [6.45, 7) is 0.556. The number of aldehydes is 1. The Balaban J connectivity index is 1.87. The Morgan fingerprint density at radius 1 is 1.15 bits per heavy atom. The number of nitrogens with zero attached hydrogens (tertiary/aromatic N) is 1. The molecule has 5 nitrogen and oxygen atoms in total. The van der Waals surface area contributed by atoms with Gasteiger partial charge >= 0.3 is 0 Å². The van der Waals surface area contributed by atoms with Crippen molar-refractivity contribution in [2.75, 3.05) is 6.54 Å². The van der Waals surface area contributed by atoms with Crippen LogP contribution in [0.4, 0.5) is 0 Å². The first-order valence-electron chi connectivity index (χ1n) is 7.20. The standard InChI is InChI=1S/C14H19NO4S/c16-10-12-7-8-14(19-12)20(17,18)15-9-3-6-13(15)11-4-1-2-5-11/h7-8,10-11,13H,1-6,9H2. The lowest BCUT2D eigenvalue weighted by Gasteiger charge is -2.27. The molecule has 1 aliphatic carbocycles. The highest BCUT2D eigenvalue weighted by atomic mass is 32.2. The van der Waals surface area contributed by atoms with E-state index in [1.165, 1.54) is 25.0 Å². The molecule has 1 unspecified atom stereocenters. The molecule has 0 amide bonds. The molecule has 2 aliphatic rings. The first kappa shape index (κ1) is 13.8. The van der Waals surface area contributed by atoms with E-state index in [-0.39, 0.29) is 16.9 Å². The zero-order chi connectivity index (χ0) is 14.2. The number of hydrogen-bond acceptors (Lipinski definition) is 4. The summed E-state index contributed by atoms with van der Waals surface area (Å²) in [6.07, 6.45) is 7.00. The van der Waals surface area contributed by atoms with E-state index in [2.05, 4.69) is 0 Å². The second-order valence-electron chi connectivity index (χ2n) is 5.64. The minimum Gasteiger partial charge on any atom is -0.440 e. The maximum Gasteiger partial charge on any atom is 0.276 e. The first-order valence-corrected chi connectivity index (χ1v) is 8.64. The fourth-order valence-corrected chi connectivity index (χ4v) is 5.21. The van der Waals surface area contributed by atoms with E-state index in [1.807, 2.05) is 0 Å².